The first-order chi connectivity index (χ1) is 10.3. The van der Waals surface area contributed by atoms with E-state index in [0.29, 0.717) is 12.0 Å². The first kappa shape index (κ1) is 19.6. The molecule has 0 spiro atoms. The summed E-state index contributed by atoms with van der Waals surface area (Å²) < 4.78 is 0. The van der Waals surface area contributed by atoms with Gasteiger partial charge in [0.2, 0.25) is 0 Å². The van der Waals surface area contributed by atoms with Crippen LogP contribution in [0.3, 0.4) is 0 Å². The summed E-state index contributed by atoms with van der Waals surface area (Å²) in [4.78, 5) is 13.0. The molecule has 2 aromatic rings. The number of aromatic nitrogens is 3. The van der Waals surface area contributed by atoms with Crippen LogP contribution in [0.15, 0.2) is 36.8 Å². The zero-order valence-corrected chi connectivity index (χ0v) is 14.5. The standard InChI is InChI=1S/C16H21N5.2ClH/c17-13-8-12(9-13)15-10-16(21-11-20-15)19-7-3-5-14-4-1-2-6-18-14;;/h1-2,4,6,10-13H,3,5,7-9,17H2,(H,19,20,21);2*1H. The van der Waals surface area contributed by atoms with Gasteiger partial charge in [-0.05, 0) is 37.8 Å². The van der Waals surface area contributed by atoms with Crippen molar-refractivity contribution in [3.8, 4) is 0 Å². The Morgan fingerprint density at radius 2 is 1.96 bits per heavy atom. The summed E-state index contributed by atoms with van der Waals surface area (Å²) in [6.45, 7) is 0.886. The van der Waals surface area contributed by atoms with E-state index in [-0.39, 0.29) is 24.8 Å². The molecule has 1 aliphatic carbocycles. The summed E-state index contributed by atoms with van der Waals surface area (Å²) in [5.41, 5.74) is 8.07. The summed E-state index contributed by atoms with van der Waals surface area (Å²) in [5, 5.41) is 3.36. The first-order valence-corrected chi connectivity index (χ1v) is 7.52. The van der Waals surface area contributed by atoms with Crippen LogP contribution in [-0.4, -0.2) is 27.5 Å². The Morgan fingerprint density at radius 1 is 1.13 bits per heavy atom. The molecule has 0 unspecified atom stereocenters. The van der Waals surface area contributed by atoms with Gasteiger partial charge in [0.25, 0.3) is 0 Å². The Kier molecular flexibility index (Phi) is 8.23. The van der Waals surface area contributed by atoms with Gasteiger partial charge in [0.05, 0.1) is 0 Å². The van der Waals surface area contributed by atoms with Gasteiger partial charge >= 0.3 is 0 Å². The number of aryl methyl sites for hydroxylation is 1. The number of hydrogen-bond donors (Lipinski definition) is 2. The van der Waals surface area contributed by atoms with Crippen LogP contribution in [0, 0.1) is 0 Å². The smallest absolute Gasteiger partial charge is 0.129 e. The monoisotopic (exact) mass is 355 g/mol. The maximum Gasteiger partial charge on any atom is 0.129 e. The fourth-order valence-corrected chi connectivity index (χ4v) is 2.63. The Morgan fingerprint density at radius 3 is 2.65 bits per heavy atom. The third-order valence-corrected chi connectivity index (χ3v) is 3.92. The summed E-state index contributed by atoms with van der Waals surface area (Å²) >= 11 is 0. The molecule has 0 bridgehead atoms. The Hall–Kier alpha value is -1.43. The third-order valence-electron chi connectivity index (χ3n) is 3.92. The molecule has 0 saturated heterocycles. The van der Waals surface area contributed by atoms with Crippen molar-refractivity contribution in [1.82, 2.24) is 15.0 Å². The van der Waals surface area contributed by atoms with E-state index in [1.807, 2.05) is 18.3 Å². The second kappa shape index (κ2) is 9.65. The number of nitrogens with one attached hydrogen (secondary N) is 1. The van der Waals surface area contributed by atoms with E-state index in [0.717, 1.165) is 49.4 Å². The van der Waals surface area contributed by atoms with Gasteiger partial charge in [-0.3, -0.25) is 4.98 Å². The summed E-state index contributed by atoms with van der Waals surface area (Å²) in [5.74, 6) is 1.42. The molecule has 7 heteroatoms. The second-order valence-electron chi connectivity index (χ2n) is 5.61. The van der Waals surface area contributed by atoms with E-state index in [9.17, 15) is 0 Å². The zero-order chi connectivity index (χ0) is 14.5. The number of nitrogens with zero attached hydrogens (tertiary/aromatic N) is 3. The molecule has 126 valence electrons. The van der Waals surface area contributed by atoms with E-state index < -0.39 is 0 Å². The quantitative estimate of drug-likeness (QED) is 0.779. The molecule has 1 saturated carbocycles. The Labute approximate surface area is 149 Å². The largest absolute Gasteiger partial charge is 0.370 e. The molecule has 3 N–H and O–H groups in total. The van der Waals surface area contributed by atoms with E-state index in [1.54, 1.807) is 6.33 Å². The first-order valence-electron chi connectivity index (χ1n) is 7.52. The normalized spacial score (nSPS) is 19.0. The van der Waals surface area contributed by atoms with Crippen LogP contribution in [0.4, 0.5) is 5.82 Å². The Bertz CT molecular complexity index is 576. The van der Waals surface area contributed by atoms with E-state index in [2.05, 4.69) is 32.4 Å². The van der Waals surface area contributed by atoms with Crippen molar-refractivity contribution >= 4 is 30.6 Å². The molecule has 0 amide bonds. The molecule has 1 fully saturated rings. The second-order valence-corrected chi connectivity index (χ2v) is 5.61. The highest BCUT2D eigenvalue weighted by atomic mass is 35.5. The topological polar surface area (TPSA) is 76.7 Å². The van der Waals surface area contributed by atoms with E-state index in [1.165, 1.54) is 0 Å². The van der Waals surface area contributed by atoms with Crippen LogP contribution < -0.4 is 11.1 Å². The van der Waals surface area contributed by atoms with Crippen LogP contribution in [0.1, 0.15) is 36.6 Å². The summed E-state index contributed by atoms with van der Waals surface area (Å²) in [7, 11) is 0. The molecule has 0 aromatic carbocycles. The lowest BCUT2D eigenvalue weighted by atomic mass is 9.79. The van der Waals surface area contributed by atoms with Gasteiger partial charge in [-0.25, -0.2) is 9.97 Å². The van der Waals surface area contributed by atoms with Crippen molar-refractivity contribution in [1.29, 1.82) is 0 Å². The van der Waals surface area contributed by atoms with Crippen LogP contribution in [0.5, 0.6) is 0 Å². The number of anilines is 1. The number of halogens is 2. The molecular formula is C16H23Cl2N5. The minimum Gasteiger partial charge on any atom is -0.370 e. The fourth-order valence-electron chi connectivity index (χ4n) is 2.63. The number of nitrogens with two attached hydrogens (primary N) is 1. The maximum atomic E-state index is 5.83. The van der Waals surface area contributed by atoms with Gasteiger partial charge in [0, 0.05) is 42.2 Å². The molecular weight excluding hydrogens is 333 g/mol. The highest BCUT2D eigenvalue weighted by molar-refractivity contribution is 5.85. The SMILES string of the molecule is Cl.Cl.NC1CC(c2cc(NCCCc3ccccn3)ncn2)C1. The average molecular weight is 356 g/mol. The zero-order valence-electron chi connectivity index (χ0n) is 12.9. The van der Waals surface area contributed by atoms with Gasteiger partial charge in [0.1, 0.15) is 12.1 Å². The van der Waals surface area contributed by atoms with Crippen molar-refractivity contribution < 1.29 is 0 Å². The molecule has 2 heterocycles. The van der Waals surface area contributed by atoms with Crippen molar-refractivity contribution in [2.75, 3.05) is 11.9 Å². The van der Waals surface area contributed by atoms with Gasteiger partial charge in [0.15, 0.2) is 0 Å². The van der Waals surface area contributed by atoms with Gasteiger partial charge in [-0.2, -0.15) is 0 Å². The molecule has 0 radical (unpaired) electrons. The van der Waals surface area contributed by atoms with Crippen LogP contribution in [0.25, 0.3) is 0 Å². The molecule has 5 nitrogen and oxygen atoms in total. The van der Waals surface area contributed by atoms with Crippen molar-refractivity contribution in [2.24, 2.45) is 5.73 Å². The minimum atomic E-state index is 0. The highest BCUT2D eigenvalue weighted by Crippen LogP contribution is 2.34. The molecule has 0 atom stereocenters. The maximum absolute atomic E-state index is 5.83. The van der Waals surface area contributed by atoms with Gasteiger partial charge in [-0.1, -0.05) is 6.07 Å². The van der Waals surface area contributed by atoms with Gasteiger partial charge < -0.3 is 11.1 Å². The molecule has 0 aliphatic heterocycles. The number of rotatable bonds is 6. The molecule has 23 heavy (non-hydrogen) atoms. The predicted octanol–water partition coefficient (Wildman–Crippen LogP) is 2.96. The van der Waals surface area contributed by atoms with E-state index in [4.69, 9.17) is 5.73 Å². The number of hydrogen-bond acceptors (Lipinski definition) is 5. The van der Waals surface area contributed by atoms with Crippen LogP contribution in [-0.2, 0) is 6.42 Å². The predicted molar refractivity (Wildman–Crippen MR) is 97.5 cm³/mol. The lowest BCUT2D eigenvalue weighted by molar-refractivity contribution is 0.345. The van der Waals surface area contributed by atoms with Crippen molar-refractivity contribution in [3.05, 3.63) is 48.2 Å². The Balaban J connectivity index is 0.00000132. The lowest BCUT2D eigenvalue weighted by Gasteiger charge is -2.31. The minimum absolute atomic E-state index is 0. The number of pyridine rings is 1. The third kappa shape index (κ3) is 5.61. The fraction of sp³-hybridized carbons (Fsp3) is 0.438. The molecule has 3 rings (SSSR count). The van der Waals surface area contributed by atoms with Gasteiger partial charge in [-0.15, -0.1) is 24.8 Å². The van der Waals surface area contributed by atoms with Crippen LogP contribution >= 0.6 is 24.8 Å². The lowest BCUT2D eigenvalue weighted by Crippen LogP contribution is -2.35. The van der Waals surface area contributed by atoms with E-state index >= 15 is 0 Å². The molecule has 1 aliphatic rings. The molecule has 2 aromatic heterocycles. The highest BCUT2D eigenvalue weighted by Gasteiger charge is 2.28. The van der Waals surface area contributed by atoms with Crippen molar-refractivity contribution in [2.45, 2.75) is 37.6 Å². The summed E-state index contributed by atoms with van der Waals surface area (Å²) in [6, 6.07) is 8.42. The summed E-state index contributed by atoms with van der Waals surface area (Å²) in [6.07, 6.45) is 7.56. The average Bonchev–Trinajstić information content (AvgIpc) is 2.50. The van der Waals surface area contributed by atoms with Crippen molar-refractivity contribution in [3.63, 3.8) is 0 Å². The van der Waals surface area contributed by atoms with Crippen LogP contribution in [0.2, 0.25) is 0 Å².